The largest absolute Gasteiger partial charge is 0.353 e. The van der Waals surface area contributed by atoms with Gasteiger partial charge in [0.2, 0.25) is 5.13 Å². The van der Waals surface area contributed by atoms with E-state index in [4.69, 9.17) is 0 Å². The van der Waals surface area contributed by atoms with Gasteiger partial charge in [0.25, 0.3) is 0 Å². The maximum atomic E-state index is 4.17. The number of rotatable bonds is 8. The summed E-state index contributed by atoms with van der Waals surface area (Å²) in [4.78, 5) is 1.99. The van der Waals surface area contributed by atoms with Gasteiger partial charge >= 0.3 is 0 Å². The molecule has 0 aliphatic carbocycles. The average molecular weight is 274 g/mol. The first kappa shape index (κ1) is 14.7. The Hall–Kier alpha value is -0.330. The molecule has 0 fully saturated rings. The van der Waals surface area contributed by atoms with E-state index in [1.807, 2.05) is 19.0 Å². The Balaban J connectivity index is 2.21. The van der Waals surface area contributed by atoms with Crippen LogP contribution in [0.15, 0.2) is 4.34 Å². The fourth-order valence-electron chi connectivity index (χ4n) is 1.26. The molecule has 98 valence electrons. The Bertz CT molecular complexity index is 314. The van der Waals surface area contributed by atoms with Crippen LogP contribution >= 0.6 is 23.1 Å². The van der Waals surface area contributed by atoms with E-state index in [0.29, 0.717) is 6.04 Å². The number of nitrogens with one attached hydrogen (secondary N) is 1. The zero-order chi connectivity index (χ0) is 12.7. The van der Waals surface area contributed by atoms with Crippen molar-refractivity contribution in [1.29, 1.82) is 0 Å². The standard InChI is InChI=1S/C11H22N4S2/c1-5-7-12-9(2)6-8-16-11-14-13-10(17-11)15(3)4/h9,12H,5-8H2,1-4H3. The second kappa shape index (κ2) is 7.89. The molecule has 1 atom stereocenters. The third-order valence-corrected chi connectivity index (χ3v) is 4.56. The van der Waals surface area contributed by atoms with E-state index in [9.17, 15) is 0 Å². The topological polar surface area (TPSA) is 41.1 Å². The van der Waals surface area contributed by atoms with E-state index in [-0.39, 0.29) is 0 Å². The molecule has 17 heavy (non-hydrogen) atoms. The number of hydrogen-bond acceptors (Lipinski definition) is 6. The minimum absolute atomic E-state index is 0.587. The molecule has 1 N–H and O–H groups in total. The van der Waals surface area contributed by atoms with Crippen molar-refractivity contribution in [2.45, 2.75) is 37.1 Å². The molecule has 0 bridgehead atoms. The summed E-state index contributed by atoms with van der Waals surface area (Å²) in [6.07, 6.45) is 2.36. The molecule has 1 rings (SSSR count). The lowest BCUT2D eigenvalue weighted by atomic mass is 10.2. The molecule has 1 unspecified atom stereocenters. The van der Waals surface area contributed by atoms with Crippen molar-refractivity contribution in [1.82, 2.24) is 15.5 Å². The van der Waals surface area contributed by atoms with Crippen LogP contribution in [-0.2, 0) is 0 Å². The highest BCUT2D eigenvalue weighted by atomic mass is 32.2. The second-order valence-electron chi connectivity index (χ2n) is 4.24. The minimum Gasteiger partial charge on any atom is -0.353 e. The lowest BCUT2D eigenvalue weighted by Gasteiger charge is -2.11. The molecule has 1 heterocycles. The maximum Gasteiger partial charge on any atom is 0.208 e. The summed E-state index contributed by atoms with van der Waals surface area (Å²) in [7, 11) is 3.98. The van der Waals surface area contributed by atoms with Crippen molar-refractivity contribution < 1.29 is 0 Å². The Kier molecular flexibility index (Phi) is 6.84. The molecule has 0 saturated heterocycles. The Labute approximate surface area is 112 Å². The zero-order valence-electron chi connectivity index (χ0n) is 11.1. The monoisotopic (exact) mass is 274 g/mol. The molecular formula is C11H22N4S2. The average Bonchev–Trinajstić information content (AvgIpc) is 2.75. The van der Waals surface area contributed by atoms with E-state index in [1.165, 1.54) is 12.8 Å². The highest BCUT2D eigenvalue weighted by molar-refractivity contribution is 8.01. The van der Waals surface area contributed by atoms with Crippen molar-refractivity contribution in [3.05, 3.63) is 0 Å². The molecule has 0 saturated carbocycles. The molecule has 0 aliphatic heterocycles. The number of thioether (sulfide) groups is 1. The Morgan fingerprint density at radius 2 is 2.18 bits per heavy atom. The summed E-state index contributed by atoms with van der Waals surface area (Å²) < 4.78 is 1.07. The van der Waals surface area contributed by atoms with Gasteiger partial charge in [-0.2, -0.15) is 0 Å². The van der Waals surface area contributed by atoms with Crippen molar-refractivity contribution in [2.24, 2.45) is 0 Å². The van der Waals surface area contributed by atoms with Crippen LogP contribution in [-0.4, -0.2) is 42.6 Å². The number of anilines is 1. The fraction of sp³-hybridized carbons (Fsp3) is 0.818. The molecule has 0 aliphatic rings. The Morgan fingerprint density at radius 3 is 2.76 bits per heavy atom. The molecule has 0 amide bonds. The second-order valence-corrected chi connectivity index (χ2v) is 6.54. The third-order valence-electron chi connectivity index (χ3n) is 2.30. The summed E-state index contributed by atoms with van der Waals surface area (Å²) in [6, 6.07) is 0.587. The fourth-order valence-corrected chi connectivity index (χ4v) is 3.21. The molecule has 0 radical (unpaired) electrons. The van der Waals surface area contributed by atoms with Crippen LogP contribution in [0.1, 0.15) is 26.7 Å². The summed E-state index contributed by atoms with van der Waals surface area (Å²) in [5.41, 5.74) is 0. The van der Waals surface area contributed by atoms with Crippen LogP contribution in [0.25, 0.3) is 0 Å². The number of hydrogen-bond donors (Lipinski definition) is 1. The van der Waals surface area contributed by atoms with Crippen LogP contribution in [0, 0.1) is 0 Å². The van der Waals surface area contributed by atoms with Gasteiger partial charge in [-0.15, -0.1) is 10.2 Å². The SMILES string of the molecule is CCCNC(C)CCSc1nnc(N(C)C)s1. The van der Waals surface area contributed by atoms with Gasteiger partial charge < -0.3 is 10.2 Å². The van der Waals surface area contributed by atoms with Gasteiger partial charge in [0.05, 0.1) is 0 Å². The molecule has 0 spiro atoms. The van der Waals surface area contributed by atoms with Crippen LogP contribution < -0.4 is 10.2 Å². The van der Waals surface area contributed by atoms with E-state index in [0.717, 1.165) is 21.8 Å². The molecule has 1 aromatic rings. The van der Waals surface area contributed by atoms with Gasteiger partial charge in [0.1, 0.15) is 0 Å². The predicted molar refractivity (Wildman–Crippen MR) is 77.3 cm³/mol. The van der Waals surface area contributed by atoms with Crippen LogP contribution in [0.2, 0.25) is 0 Å². The van der Waals surface area contributed by atoms with Crippen molar-refractivity contribution in [3.8, 4) is 0 Å². The van der Waals surface area contributed by atoms with Gasteiger partial charge in [-0.25, -0.2) is 0 Å². The van der Waals surface area contributed by atoms with Gasteiger partial charge in [0, 0.05) is 25.9 Å². The minimum atomic E-state index is 0.587. The summed E-state index contributed by atoms with van der Waals surface area (Å²) in [5.74, 6) is 1.10. The van der Waals surface area contributed by atoms with Crippen LogP contribution in [0.3, 0.4) is 0 Å². The normalized spacial score (nSPS) is 12.7. The molecule has 1 aromatic heterocycles. The first-order chi connectivity index (χ1) is 8.13. The highest BCUT2D eigenvalue weighted by Gasteiger charge is 2.07. The smallest absolute Gasteiger partial charge is 0.208 e. The van der Waals surface area contributed by atoms with Gasteiger partial charge in [-0.05, 0) is 26.3 Å². The summed E-state index contributed by atoms with van der Waals surface area (Å²) in [5, 5.41) is 12.8. The molecule has 0 aromatic carbocycles. The van der Waals surface area contributed by atoms with Crippen LogP contribution in [0.5, 0.6) is 0 Å². The van der Waals surface area contributed by atoms with E-state index in [2.05, 4.69) is 29.4 Å². The van der Waals surface area contributed by atoms with Crippen LogP contribution in [0.4, 0.5) is 5.13 Å². The van der Waals surface area contributed by atoms with E-state index < -0.39 is 0 Å². The van der Waals surface area contributed by atoms with E-state index >= 15 is 0 Å². The van der Waals surface area contributed by atoms with Crippen molar-refractivity contribution in [3.63, 3.8) is 0 Å². The van der Waals surface area contributed by atoms with Gasteiger partial charge in [-0.1, -0.05) is 30.0 Å². The quantitative estimate of drug-likeness (QED) is 0.738. The molecule has 4 nitrogen and oxygen atoms in total. The summed E-state index contributed by atoms with van der Waals surface area (Å²) >= 11 is 3.46. The van der Waals surface area contributed by atoms with Crippen molar-refractivity contribution >= 4 is 28.2 Å². The third kappa shape index (κ3) is 5.70. The molecule has 6 heteroatoms. The Morgan fingerprint density at radius 1 is 1.41 bits per heavy atom. The predicted octanol–water partition coefficient (Wildman–Crippen LogP) is 2.47. The molecular weight excluding hydrogens is 252 g/mol. The summed E-state index contributed by atoms with van der Waals surface area (Å²) in [6.45, 7) is 5.54. The maximum absolute atomic E-state index is 4.17. The lowest BCUT2D eigenvalue weighted by Crippen LogP contribution is -2.27. The van der Waals surface area contributed by atoms with Crippen molar-refractivity contribution in [2.75, 3.05) is 31.3 Å². The first-order valence-electron chi connectivity index (χ1n) is 6.00. The zero-order valence-corrected chi connectivity index (χ0v) is 12.7. The number of nitrogens with zero attached hydrogens (tertiary/aromatic N) is 3. The van der Waals surface area contributed by atoms with E-state index in [1.54, 1.807) is 23.1 Å². The highest BCUT2D eigenvalue weighted by Crippen LogP contribution is 2.27. The lowest BCUT2D eigenvalue weighted by molar-refractivity contribution is 0.536. The first-order valence-corrected chi connectivity index (χ1v) is 7.80. The van der Waals surface area contributed by atoms with Gasteiger partial charge in [0.15, 0.2) is 4.34 Å². The number of aromatic nitrogens is 2. The van der Waals surface area contributed by atoms with Gasteiger partial charge in [-0.3, -0.25) is 0 Å².